The van der Waals surface area contributed by atoms with Crippen LogP contribution in [0.1, 0.15) is 57.9 Å². The van der Waals surface area contributed by atoms with Crippen molar-refractivity contribution in [3.8, 4) is 6.07 Å². The maximum Gasteiger partial charge on any atom is 0.0838 e. The van der Waals surface area contributed by atoms with Crippen molar-refractivity contribution in [1.82, 2.24) is 0 Å². The van der Waals surface area contributed by atoms with Crippen LogP contribution in [0.2, 0.25) is 0 Å². The monoisotopic (exact) mass is 271 g/mol. The van der Waals surface area contributed by atoms with Crippen LogP contribution in [0.25, 0.3) is 0 Å². The number of aliphatic hydroxyl groups excluding tert-OH is 1. The molecule has 20 heavy (non-hydrogen) atoms. The van der Waals surface area contributed by atoms with Crippen LogP contribution in [-0.4, -0.2) is 11.2 Å². The Balaban J connectivity index is 2.18. The Kier molecular flexibility index (Phi) is 4.20. The summed E-state index contributed by atoms with van der Waals surface area (Å²) in [5.41, 5.74) is 0.834. The third-order valence-corrected chi connectivity index (χ3v) is 5.08. The van der Waals surface area contributed by atoms with Gasteiger partial charge in [-0.3, -0.25) is 0 Å². The molecule has 0 heterocycles. The van der Waals surface area contributed by atoms with Crippen molar-refractivity contribution >= 4 is 0 Å². The Morgan fingerprint density at radius 3 is 2.15 bits per heavy atom. The minimum Gasteiger partial charge on any atom is -0.391 e. The molecule has 0 spiro atoms. The highest BCUT2D eigenvalue weighted by Gasteiger charge is 2.45. The molecule has 2 nitrogen and oxygen atoms in total. The Morgan fingerprint density at radius 1 is 1.10 bits per heavy atom. The molecule has 1 saturated carbocycles. The van der Waals surface area contributed by atoms with Crippen molar-refractivity contribution in [2.45, 2.75) is 58.5 Å². The average molecular weight is 271 g/mol. The summed E-state index contributed by atoms with van der Waals surface area (Å²) in [4.78, 5) is 0. The summed E-state index contributed by atoms with van der Waals surface area (Å²) in [6.45, 7) is 6.53. The fourth-order valence-corrected chi connectivity index (χ4v) is 3.26. The molecule has 0 radical (unpaired) electrons. The van der Waals surface area contributed by atoms with Crippen molar-refractivity contribution in [3.05, 3.63) is 35.9 Å². The Labute approximate surface area is 122 Å². The van der Waals surface area contributed by atoms with Crippen LogP contribution in [-0.2, 0) is 0 Å². The highest BCUT2D eigenvalue weighted by Crippen LogP contribution is 2.49. The number of aliphatic hydroxyl groups is 1. The van der Waals surface area contributed by atoms with Crippen molar-refractivity contribution in [3.63, 3.8) is 0 Å². The van der Waals surface area contributed by atoms with Gasteiger partial charge in [-0.1, -0.05) is 51.1 Å². The Bertz CT molecular complexity index is 476. The first-order chi connectivity index (χ1) is 9.40. The quantitative estimate of drug-likeness (QED) is 0.892. The Hall–Kier alpha value is -1.33. The van der Waals surface area contributed by atoms with Crippen LogP contribution in [0.5, 0.6) is 0 Å². The number of hydrogen-bond acceptors (Lipinski definition) is 2. The van der Waals surface area contributed by atoms with E-state index in [1.165, 1.54) is 0 Å². The van der Waals surface area contributed by atoms with E-state index in [2.05, 4.69) is 19.9 Å². The lowest BCUT2D eigenvalue weighted by Gasteiger charge is -2.43. The third kappa shape index (κ3) is 2.88. The normalized spacial score (nSPS) is 23.6. The Morgan fingerprint density at radius 2 is 1.65 bits per heavy atom. The van der Waals surface area contributed by atoms with Crippen LogP contribution >= 0.6 is 0 Å². The first kappa shape index (κ1) is 15.1. The van der Waals surface area contributed by atoms with Crippen molar-refractivity contribution in [2.24, 2.45) is 10.8 Å². The summed E-state index contributed by atoms with van der Waals surface area (Å²) < 4.78 is 0. The van der Waals surface area contributed by atoms with Crippen LogP contribution in [0.4, 0.5) is 0 Å². The van der Waals surface area contributed by atoms with Crippen LogP contribution < -0.4 is 0 Å². The fourth-order valence-electron chi connectivity index (χ4n) is 3.26. The van der Waals surface area contributed by atoms with Gasteiger partial charge < -0.3 is 5.11 Å². The zero-order valence-corrected chi connectivity index (χ0v) is 12.8. The van der Waals surface area contributed by atoms with Crippen molar-refractivity contribution in [1.29, 1.82) is 5.26 Å². The summed E-state index contributed by atoms with van der Waals surface area (Å²) in [6, 6.07) is 12.5. The van der Waals surface area contributed by atoms with Gasteiger partial charge in [-0.2, -0.15) is 5.26 Å². The molecule has 1 aromatic rings. The minimum atomic E-state index is -0.592. The molecule has 1 fully saturated rings. The highest BCUT2D eigenvalue weighted by atomic mass is 16.3. The maximum absolute atomic E-state index is 10.8. The van der Waals surface area contributed by atoms with Gasteiger partial charge in [0, 0.05) is 5.92 Å². The van der Waals surface area contributed by atoms with Crippen LogP contribution in [0.15, 0.2) is 30.3 Å². The van der Waals surface area contributed by atoms with Crippen molar-refractivity contribution in [2.75, 3.05) is 0 Å². The molecule has 1 aliphatic carbocycles. The van der Waals surface area contributed by atoms with Gasteiger partial charge in [0.05, 0.1) is 17.6 Å². The van der Waals surface area contributed by atoms with Gasteiger partial charge in [0.15, 0.2) is 0 Å². The molecule has 108 valence electrons. The molecule has 0 bridgehead atoms. The second-order valence-electron chi connectivity index (χ2n) is 7.08. The second kappa shape index (κ2) is 5.58. The highest BCUT2D eigenvalue weighted by molar-refractivity contribution is 5.23. The molecule has 2 heteroatoms. The molecule has 0 aliphatic heterocycles. The SMILES string of the molecule is CC(c1ccccc1)C(O)C1(C#N)CCC(C)(C)CC1. The van der Waals surface area contributed by atoms with E-state index in [1.807, 2.05) is 37.3 Å². The molecule has 1 aromatic carbocycles. The lowest BCUT2D eigenvalue weighted by molar-refractivity contribution is -0.00262. The van der Waals surface area contributed by atoms with E-state index in [9.17, 15) is 10.4 Å². The van der Waals surface area contributed by atoms with Gasteiger partial charge in [0.1, 0.15) is 0 Å². The molecule has 2 atom stereocenters. The first-order valence-electron chi connectivity index (χ1n) is 7.54. The predicted octanol–water partition coefficient (Wildman–Crippen LogP) is 4.26. The molecular weight excluding hydrogens is 246 g/mol. The van der Waals surface area contributed by atoms with Crippen LogP contribution in [0, 0.1) is 22.2 Å². The third-order valence-electron chi connectivity index (χ3n) is 5.08. The molecule has 1 N–H and O–H groups in total. The fraction of sp³-hybridized carbons (Fsp3) is 0.611. The summed E-state index contributed by atoms with van der Waals surface area (Å²) in [7, 11) is 0. The van der Waals surface area contributed by atoms with E-state index in [4.69, 9.17) is 0 Å². The lowest BCUT2D eigenvalue weighted by atomic mass is 9.61. The van der Waals surface area contributed by atoms with E-state index >= 15 is 0 Å². The van der Waals surface area contributed by atoms with Gasteiger partial charge in [0.2, 0.25) is 0 Å². The molecule has 0 amide bonds. The van der Waals surface area contributed by atoms with Gasteiger partial charge in [-0.25, -0.2) is 0 Å². The standard InChI is InChI=1S/C18H25NO/c1-14(15-7-5-4-6-8-15)16(20)18(13-19)11-9-17(2,3)10-12-18/h4-8,14,16,20H,9-12H2,1-3H3. The summed E-state index contributed by atoms with van der Waals surface area (Å²) in [6.07, 6.45) is 3.04. The van der Waals surface area contributed by atoms with E-state index in [0.29, 0.717) is 5.41 Å². The molecule has 2 unspecified atom stereocenters. The minimum absolute atomic E-state index is 0.00272. The smallest absolute Gasteiger partial charge is 0.0838 e. The zero-order chi connectivity index (χ0) is 14.8. The number of rotatable bonds is 3. The van der Waals surface area contributed by atoms with Crippen LogP contribution in [0.3, 0.4) is 0 Å². The number of nitrogens with zero attached hydrogens (tertiary/aromatic N) is 1. The number of nitriles is 1. The number of benzene rings is 1. The van der Waals surface area contributed by atoms with Gasteiger partial charge in [-0.15, -0.1) is 0 Å². The zero-order valence-electron chi connectivity index (χ0n) is 12.8. The summed E-state index contributed by atoms with van der Waals surface area (Å²) in [5, 5.41) is 20.5. The molecule has 0 saturated heterocycles. The van der Waals surface area contributed by atoms with Crippen molar-refractivity contribution < 1.29 is 5.11 Å². The number of hydrogen-bond donors (Lipinski definition) is 1. The molecule has 0 aromatic heterocycles. The largest absolute Gasteiger partial charge is 0.391 e. The predicted molar refractivity (Wildman–Crippen MR) is 81.2 cm³/mol. The topological polar surface area (TPSA) is 44.0 Å². The van der Waals surface area contributed by atoms with E-state index < -0.39 is 11.5 Å². The van der Waals surface area contributed by atoms with Gasteiger partial charge >= 0.3 is 0 Å². The first-order valence-corrected chi connectivity index (χ1v) is 7.54. The molecule has 2 rings (SSSR count). The van der Waals surface area contributed by atoms with E-state index in [-0.39, 0.29) is 5.92 Å². The average Bonchev–Trinajstić information content (AvgIpc) is 2.47. The van der Waals surface area contributed by atoms with Gasteiger partial charge in [0.25, 0.3) is 0 Å². The lowest BCUT2D eigenvalue weighted by Crippen LogP contribution is -2.42. The van der Waals surface area contributed by atoms with E-state index in [0.717, 1.165) is 31.2 Å². The second-order valence-corrected chi connectivity index (χ2v) is 7.08. The molecular formula is C18H25NO. The summed E-state index contributed by atoms with van der Waals surface area (Å²) in [5.74, 6) is -0.00272. The maximum atomic E-state index is 10.8. The van der Waals surface area contributed by atoms with Gasteiger partial charge in [-0.05, 0) is 36.7 Å². The summed E-state index contributed by atoms with van der Waals surface area (Å²) >= 11 is 0. The molecule has 1 aliphatic rings. The van der Waals surface area contributed by atoms with E-state index in [1.54, 1.807) is 0 Å².